The molecule has 3 saturated heterocycles. The van der Waals surface area contributed by atoms with Gasteiger partial charge in [0.25, 0.3) is 0 Å². The SMILES string of the molecule is CC[C@@H](CO)N1C(=O)[C@@H]2[C@@H](C(=O)NC)[C@H]3CCC2(S3)C1C(=O)Nc1c(C)cccc1Cl. The van der Waals surface area contributed by atoms with Crippen molar-refractivity contribution in [3.63, 3.8) is 0 Å². The first kappa shape index (κ1) is 22.4. The second-order valence-corrected chi connectivity index (χ2v) is 10.6. The molecule has 0 aromatic heterocycles. The van der Waals surface area contributed by atoms with Crippen molar-refractivity contribution in [2.45, 2.75) is 55.2 Å². The number of aliphatic hydroxyl groups is 1. The smallest absolute Gasteiger partial charge is 0.248 e. The highest BCUT2D eigenvalue weighted by atomic mass is 35.5. The van der Waals surface area contributed by atoms with Crippen LogP contribution in [0.2, 0.25) is 5.02 Å². The molecular weight excluding hydrogens is 438 g/mol. The highest BCUT2D eigenvalue weighted by molar-refractivity contribution is 8.02. The third-order valence-corrected chi connectivity index (χ3v) is 9.35. The van der Waals surface area contributed by atoms with Gasteiger partial charge in [-0.25, -0.2) is 0 Å². The number of anilines is 1. The Hall–Kier alpha value is -1.77. The molecule has 0 saturated carbocycles. The third kappa shape index (κ3) is 3.26. The van der Waals surface area contributed by atoms with Crippen molar-refractivity contribution in [2.75, 3.05) is 19.0 Å². The average Bonchev–Trinajstić information content (AvgIpc) is 3.39. The second kappa shape index (κ2) is 8.30. The lowest BCUT2D eigenvalue weighted by molar-refractivity contribution is -0.142. The first-order valence-corrected chi connectivity index (χ1v) is 11.9. The van der Waals surface area contributed by atoms with Gasteiger partial charge in [-0.1, -0.05) is 30.7 Å². The number of nitrogens with one attached hydrogen (secondary N) is 2. The van der Waals surface area contributed by atoms with Gasteiger partial charge in [-0.3, -0.25) is 14.4 Å². The van der Waals surface area contributed by atoms with Crippen LogP contribution in [-0.2, 0) is 14.4 Å². The van der Waals surface area contributed by atoms with Crippen LogP contribution in [0.15, 0.2) is 18.2 Å². The second-order valence-electron chi connectivity index (χ2n) is 8.58. The minimum absolute atomic E-state index is 0.0163. The summed E-state index contributed by atoms with van der Waals surface area (Å²) in [6.07, 6.45) is 1.98. The van der Waals surface area contributed by atoms with E-state index in [1.165, 1.54) is 0 Å². The van der Waals surface area contributed by atoms with E-state index in [2.05, 4.69) is 10.6 Å². The van der Waals surface area contributed by atoms with Crippen molar-refractivity contribution in [3.05, 3.63) is 28.8 Å². The maximum Gasteiger partial charge on any atom is 0.248 e. The van der Waals surface area contributed by atoms with Gasteiger partial charge in [-0.15, -0.1) is 11.8 Å². The molecule has 2 bridgehead atoms. The molecular formula is C22H28ClN3O4S. The number of thioether (sulfide) groups is 1. The van der Waals surface area contributed by atoms with Crippen LogP contribution >= 0.6 is 23.4 Å². The Morgan fingerprint density at radius 3 is 2.74 bits per heavy atom. The molecule has 4 rings (SSSR count). The number of benzene rings is 1. The molecule has 9 heteroatoms. The van der Waals surface area contributed by atoms with Gasteiger partial charge in [0, 0.05) is 12.3 Å². The number of amides is 3. The summed E-state index contributed by atoms with van der Waals surface area (Å²) in [5, 5.41) is 16.1. The quantitative estimate of drug-likeness (QED) is 0.598. The molecule has 168 valence electrons. The predicted molar refractivity (Wildman–Crippen MR) is 121 cm³/mol. The molecule has 0 aliphatic carbocycles. The number of fused-ring (bicyclic) bond motifs is 1. The molecule has 6 atom stereocenters. The number of hydrogen-bond donors (Lipinski definition) is 3. The highest BCUT2D eigenvalue weighted by Crippen LogP contribution is 2.66. The normalized spacial score (nSPS) is 32.2. The number of nitrogens with zero attached hydrogens (tertiary/aromatic N) is 1. The van der Waals surface area contributed by atoms with E-state index in [9.17, 15) is 19.5 Å². The number of para-hydroxylation sites is 1. The maximum atomic E-state index is 13.7. The molecule has 2 unspecified atom stereocenters. The number of rotatable bonds is 6. The Bertz CT molecular complexity index is 904. The van der Waals surface area contributed by atoms with Crippen LogP contribution in [0.5, 0.6) is 0 Å². The van der Waals surface area contributed by atoms with Gasteiger partial charge < -0.3 is 20.6 Å². The number of hydrogen-bond acceptors (Lipinski definition) is 5. The molecule has 3 aliphatic rings. The van der Waals surface area contributed by atoms with E-state index in [1.807, 2.05) is 26.0 Å². The topological polar surface area (TPSA) is 98.7 Å². The average molecular weight is 466 g/mol. The highest BCUT2D eigenvalue weighted by Gasteiger charge is 2.74. The summed E-state index contributed by atoms with van der Waals surface area (Å²) in [4.78, 5) is 41.7. The van der Waals surface area contributed by atoms with Crippen molar-refractivity contribution in [3.8, 4) is 0 Å². The van der Waals surface area contributed by atoms with E-state index in [-0.39, 0.29) is 29.6 Å². The standard InChI is InChI=1S/C22H28ClN3O4S/c1-4-12(10-27)26-18(20(29)25-17-11(2)6-5-7-13(17)23)22-9-8-14(31-22)15(19(28)24-3)16(22)21(26)30/h5-7,12,14-16,18,27H,4,8-10H2,1-3H3,(H,24,28)(H,25,29)/t12-,14+,15-,16-,18?,22?/m0/s1. The Kier molecular flexibility index (Phi) is 6.00. The van der Waals surface area contributed by atoms with Crippen molar-refractivity contribution in [1.29, 1.82) is 0 Å². The monoisotopic (exact) mass is 465 g/mol. The maximum absolute atomic E-state index is 13.7. The van der Waals surface area contributed by atoms with Crippen LogP contribution in [0.25, 0.3) is 0 Å². The predicted octanol–water partition coefficient (Wildman–Crippen LogP) is 2.20. The Balaban J connectivity index is 1.77. The lowest BCUT2D eigenvalue weighted by Gasteiger charge is -2.36. The van der Waals surface area contributed by atoms with Crippen molar-refractivity contribution >= 4 is 46.8 Å². The summed E-state index contributed by atoms with van der Waals surface area (Å²) >= 11 is 7.94. The minimum Gasteiger partial charge on any atom is -0.394 e. The van der Waals surface area contributed by atoms with Gasteiger partial charge >= 0.3 is 0 Å². The Labute approximate surface area is 191 Å². The first-order valence-electron chi connectivity index (χ1n) is 10.7. The van der Waals surface area contributed by atoms with Gasteiger partial charge in [0.1, 0.15) is 6.04 Å². The molecule has 3 amide bonds. The van der Waals surface area contributed by atoms with Gasteiger partial charge in [-0.05, 0) is 37.8 Å². The Morgan fingerprint density at radius 1 is 1.39 bits per heavy atom. The largest absolute Gasteiger partial charge is 0.394 e. The van der Waals surface area contributed by atoms with Crippen LogP contribution in [0, 0.1) is 18.8 Å². The van der Waals surface area contributed by atoms with Gasteiger partial charge in [0.05, 0.1) is 39.9 Å². The van der Waals surface area contributed by atoms with Gasteiger partial charge in [-0.2, -0.15) is 0 Å². The summed E-state index contributed by atoms with van der Waals surface area (Å²) in [6.45, 7) is 3.51. The van der Waals surface area contributed by atoms with Crippen LogP contribution in [0.3, 0.4) is 0 Å². The molecule has 0 radical (unpaired) electrons. The van der Waals surface area contributed by atoms with E-state index >= 15 is 0 Å². The summed E-state index contributed by atoms with van der Waals surface area (Å²) < 4.78 is -0.680. The number of halogens is 1. The number of carbonyl (C=O) groups excluding carboxylic acids is 3. The van der Waals surface area contributed by atoms with Gasteiger partial charge in [0.15, 0.2) is 0 Å². The summed E-state index contributed by atoms with van der Waals surface area (Å²) in [7, 11) is 1.58. The number of likely N-dealkylation sites (tertiary alicyclic amines) is 1. The zero-order chi connectivity index (χ0) is 22.5. The molecule has 3 N–H and O–H groups in total. The van der Waals surface area contributed by atoms with Crippen LogP contribution in [-0.4, -0.2) is 63.5 Å². The fourth-order valence-corrected chi connectivity index (χ4v) is 8.12. The minimum atomic E-state index is -0.776. The lowest BCUT2D eigenvalue weighted by Crippen LogP contribution is -2.54. The number of aryl methyl sites for hydroxylation is 1. The summed E-state index contributed by atoms with van der Waals surface area (Å²) in [6, 6.07) is 4.13. The molecule has 31 heavy (non-hydrogen) atoms. The van der Waals surface area contributed by atoms with Crippen LogP contribution in [0.4, 0.5) is 5.69 Å². The molecule has 1 aromatic rings. The van der Waals surface area contributed by atoms with E-state index in [4.69, 9.17) is 11.6 Å². The molecule has 3 aliphatic heterocycles. The lowest BCUT2D eigenvalue weighted by atomic mass is 9.70. The molecule has 3 heterocycles. The third-order valence-electron chi connectivity index (χ3n) is 7.08. The number of carbonyl (C=O) groups is 3. The fourth-order valence-electron chi connectivity index (χ4n) is 5.65. The van der Waals surface area contributed by atoms with Gasteiger partial charge in [0.2, 0.25) is 17.7 Å². The first-order chi connectivity index (χ1) is 14.8. The fraction of sp³-hybridized carbons (Fsp3) is 0.591. The zero-order valence-corrected chi connectivity index (χ0v) is 19.4. The van der Waals surface area contributed by atoms with E-state index in [0.29, 0.717) is 23.6 Å². The Morgan fingerprint density at radius 2 is 2.13 bits per heavy atom. The summed E-state index contributed by atoms with van der Waals surface area (Å²) in [5.74, 6) is -1.71. The summed E-state index contributed by atoms with van der Waals surface area (Å²) in [5.41, 5.74) is 1.35. The van der Waals surface area contributed by atoms with E-state index in [1.54, 1.807) is 29.8 Å². The van der Waals surface area contributed by atoms with E-state index in [0.717, 1.165) is 12.0 Å². The van der Waals surface area contributed by atoms with Crippen molar-refractivity contribution < 1.29 is 19.5 Å². The molecule has 3 fully saturated rings. The zero-order valence-electron chi connectivity index (χ0n) is 17.9. The molecule has 7 nitrogen and oxygen atoms in total. The number of aliphatic hydroxyl groups excluding tert-OH is 1. The molecule has 1 spiro atoms. The van der Waals surface area contributed by atoms with E-state index < -0.39 is 28.7 Å². The molecule has 1 aromatic carbocycles. The van der Waals surface area contributed by atoms with Crippen LogP contribution in [0.1, 0.15) is 31.7 Å². The van der Waals surface area contributed by atoms with Crippen LogP contribution < -0.4 is 10.6 Å². The van der Waals surface area contributed by atoms with Crippen molar-refractivity contribution in [2.24, 2.45) is 11.8 Å². The van der Waals surface area contributed by atoms with Crippen molar-refractivity contribution in [1.82, 2.24) is 10.2 Å².